The second-order valence-electron chi connectivity index (χ2n) is 6.84. The second-order valence-corrected chi connectivity index (χ2v) is 6.84. The van der Waals surface area contributed by atoms with E-state index >= 15 is 0 Å². The third kappa shape index (κ3) is 5.96. The number of carbonyl (C=O) groups is 2. The molecule has 1 atom stereocenters. The van der Waals surface area contributed by atoms with Gasteiger partial charge in [-0.15, -0.1) is 0 Å². The maximum atomic E-state index is 11.9. The first-order valence-corrected chi connectivity index (χ1v) is 8.35. The standard InChI is InChI=1S/C19H23N3O5/c1-19(2,3)27-18(26)22-16-9-14(13(10-20-16)17(24)25)21-15(11-23)12-7-5-4-6-8-12/h4-10,15,23H,11H2,1-3H3,(H,24,25)(H2,20,21,22,26). The number of amides is 1. The fraction of sp³-hybridized carbons (Fsp3) is 0.316. The number of aromatic carboxylic acids is 1. The highest BCUT2D eigenvalue weighted by molar-refractivity contribution is 5.95. The molecule has 1 unspecified atom stereocenters. The molecule has 2 rings (SSSR count). The zero-order valence-electron chi connectivity index (χ0n) is 15.4. The van der Waals surface area contributed by atoms with Crippen LogP contribution < -0.4 is 10.6 Å². The normalized spacial score (nSPS) is 12.1. The van der Waals surface area contributed by atoms with Crippen LogP contribution in [0.4, 0.5) is 16.3 Å². The lowest BCUT2D eigenvalue weighted by molar-refractivity contribution is 0.0634. The quantitative estimate of drug-likeness (QED) is 0.613. The van der Waals surface area contributed by atoms with Gasteiger partial charge < -0.3 is 20.3 Å². The predicted molar refractivity (Wildman–Crippen MR) is 101 cm³/mol. The summed E-state index contributed by atoms with van der Waals surface area (Å²) in [6.45, 7) is 4.94. The summed E-state index contributed by atoms with van der Waals surface area (Å²) in [4.78, 5) is 27.3. The van der Waals surface area contributed by atoms with Gasteiger partial charge >= 0.3 is 12.1 Å². The summed E-state index contributed by atoms with van der Waals surface area (Å²) in [7, 11) is 0. The number of nitrogens with zero attached hydrogens (tertiary/aromatic N) is 1. The van der Waals surface area contributed by atoms with Crippen LogP contribution >= 0.6 is 0 Å². The number of carboxylic acids is 1. The highest BCUT2D eigenvalue weighted by Crippen LogP contribution is 2.25. The van der Waals surface area contributed by atoms with E-state index in [2.05, 4.69) is 15.6 Å². The van der Waals surface area contributed by atoms with E-state index in [-0.39, 0.29) is 23.7 Å². The van der Waals surface area contributed by atoms with Crippen LogP contribution in [0.15, 0.2) is 42.6 Å². The summed E-state index contributed by atoms with van der Waals surface area (Å²) in [5.41, 5.74) is 0.238. The number of aliphatic hydroxyl groups is 1. The van der Waals surface area contributed by atoms with Gasteiger partial charge in [-0.3, -0.25) is 5.32 Å². The van der Waals surface area contributed by atoms with E-state index in [1.165, 1.54) is 6.07 Å². The van der Waals surface area contributed by atoms with Gasteiger partial charge in [-0.1, -0.05) is 30.3 Å². The fourth-order valence-corrected chi connectivity index (χ4v) is 2.33. The molecule has 0 bridgehead atoms. The summed E-state index contributed by atoms with van der Waals surface area (Å²) in [6.07, 6.45) is 0.433. The summed E-state index contributed by atoms with van der Waals surface area (Å²) >= 11 is 0. The number of hydrogen-bond acceptors (Lipinski definition) is 6. The largest absolute Gasteiger partial charge is 0.478 e. The minimum Gasteiger partial charge on any atom is -0.478 e. The van der Waals surface area contributed by atoms with E-state index in [1.807, 2.05) is 30.3 Å². The number of pyridine rings is 1. The summed E-state index contributed by atoms with van der Waals surface area (Å²) in [5.74, 6) is -1.06. The molecule has 144 valence electrons. The van der Waals surface area contributed by atoms with Crippen LogP contribution in [0.5, 0.6) is 0 Å². The van der Waals surface area contributed by atoms with Crippen LogP contribution in [0, 0.1) is 0 Å². The van der Waals surface area contributed by atoms with Crippen molar-refractivity contribution in [2.75, 3.05) is 17.2 Å². The topological polar surface area (TPSA) is 121 Å². The number of anilines is 2. The van der Waals surface area contributed by atoms with Gasteiger partial charge in [-0.2, -0.15) is 0 Å². The number of carbonyl (C=O) groups excluding carboxylic acids is 1. The molecule has 0 aliphatic carbocycles. The first-order valence-electron chi connectivity index (χ1n) is 8.35. The van der Waals surface area contributed by atoms with Gasteiger partial charge in [-0.05, 0) is 26.3 Å². The van der Waals surface area contributed by atoms with Crippen molar-refractivity contribution < 1.29 is 24.5 Å². The molecule has 0 spiro atoms. The molecule has 0 fully saturated rings. The Morgan fingerprint density at radius 3 is 2.44 bits per heavy atom. The molecule has 8 heteroatoms. The molecule has 0 saturated heterocycles. The monoisotopic (exact) mass is 373 g/mol. The molecule has 2 aromatic rings. The van der Waals surface area contributed by atoms with Crippen molar-refractivity contribution in [1.29, 1.82) is 0 Å². The van der Waals surface area contributed by atoms with Crippen molar-refractivity contribution in [3.63, 3.8) is 0 Å². The molecule has 0 radical (unpaired) electrons. The summed E-state index contributed by atoms with van der Waals surface area (Å²) in [6, 6.07) is 9.97. The maximum absolute atomic E-state index is 11.9. The van der Waals surface area contributed by atoms with E-state index in [0.717, 1.165) is 11.8 Å². The zero-order chi connectivity index (χ0) is 20.0. The van der Waals surface area contributed by atoms with Crippen LogP contribution in [-0.4, -0.2) is 39.5 Å². The van der Waals surface area contributed by atoms with Crippen LogP contribution in [0.1, 0.15) is 42.7 Å². The molecular weight excluding hydrogens is 350 g/mol. The molecule has 1 heterocycles. The number of ether oxygens (including phenoxy) is 1. The van der Waals surface area contributed by atoms with Crippen LogP contribution in [0.25, 0.3) is 0 Å². The Bertz CT molecular complexity index is 803. The summed E-state index contributed by atoms with van der Waals surface area (Å²) < 4.78 is 5.16. The van der Waals surface area contributed by atoms with Crippen molar-refractivity contribution in [2.24, 2.45) is 0 Å². The molecule has 0 saturated carbocycles. The fourth-order valence-electron chi connectivity index (χ4n) is 2.33. The molecule has 1 aromatic heterocycles. The van der Waals surface area contributed by atoms with Crippen molar-refractivity contribution in [3.05, 3.63) is 53.7 Å². The van der Waals surface area contributed by atoms with E-state index in [9.17, 15) is 19.8 Å². The highest BCUT2D eigenvalue weighted by atomic mass is 16.6. The molecule has 4 N–H and O–H groups in total. The third-order valence-corrected chi connectivity index (χ3v) is 3.48. The molecule has 8 nitrogen and oxygen atoms in total. The Morgan fingerprint density at radius 2 is 1.89 bits per heavy atom. The number of carboxylic acid groups (broad SMARTS) is 1. The molecule has 1 amide bonds. The van der Waals surface area contributed by atoms with Crippen molar-refractivity contribution in [3.8, 4) is 0 Å². The van der Waals surface area contributed by atoms with Gasteiger partial charge in [0.25, 0.3) is 0 Å². The lowest BCUT2D eigenvalue weighted by Crippen LogP contribution is -2.27. The zero-order valence-corrected chi connectivity index (χ0v) is 15.4. The maximum Gasteiger partial charge on any atom is 0.413 e. The Morgan fingerprint density at radius 1 is 1.22 bits per heavy atom. The van der Waals surface area contributed by atoms with Gasteiger partial charge in [0.1, 0.15) is 17.0 Å². The third-order valence-electron chi connectivity index (χ3n) is 3.48. The van der Waals surface area contributed by atoms with Crippen LogP contribution in [0.2, 0.25) is 0 Å². The van der Waals surface area contributed by atoms with Gasteiger partial charge in [0.15, 0.2) is 0 Å². The average molecular weight is 373 g/mol. The first kappa shape index (κ1) is 20.2. The molecule has 1 aromatic carbocycles. The van der Waals surface area contributed by atoms with Crippen molar-refractivity contribution >= 4 is 23.6 Å². The SMILES string of the molecule is CC(C)(C)OC(=O)Nc1cc(NC(CO)c2ccccc2)c(C(=O)O)cn1. The van der Waals surface area contributed by atoms with Gasteiger partial charge in [0.05, 0.1) is 18.3 Å². The van der Waals surface area contributed by atoms with Gasteiger partial charge in [-0.25, -0.2) is 14.6 Å². The number of hydrogen-bond donors (Lipinski definition) is 4. The molecule has 0 aliphatic rings. The Kier molecular flexibility index (Phi) is 6.36. The van der Waals surface area contributed by atoms with Gasteiger partial charge in [0, 0.05) is 12.3 Å². The Balaban J connectivity index is 2.27. The van der Waals surface area contributed by atoms with Crippen LogP contribution in [0.3, 0.4) is 0 Å². The number of benzene rings is 1. The van der Waals surface area contributed by atoms with Crippen LogP contribution in [-0.2, 0) is 4.74 Å². The summed E-state index contributed by atoms with van der Waals surface area (Å²) in [5, 5.41) is 24.6. The smallest absolute Gasteiger partial charge is 0.413 e. The van der Waals surface area contributed by atoms with E-state index in [4.69, 9.17) is 4.74 Å². The van der Waals surface area contributed by atoms with E-state index in [0.29, 0.717) is 0 Å². The Hall–Kier alpha value is -3.13. The number of aliphatic hydroxyl groups excluding tert-OH is 1. The lowest BCUT2D eigenvalue weighted by atomic mass is 10.1. The molecule has 0 aliphatic heterocycles. The van der Waals surface area contributed by atoms with Gasteiger partial charge in [0.2, 0.25) is 0 Å². The number of nitrogens with one attached hydrogen (secondary N) is 2. The van der Waals surface area contributed by atoms with E-state index in [1.54, 1.807) is 20.8 Å². The molecule has 27 heavy (non-hydrogen) atoms. The Labute approximate surface area is 157 Å². The van der Waals surface area contributed by atoms with Crippen molar-refractivity contribution in [2.45, 2.75) is 32.4 Å². The number of rotatable bonds is 6. The highest BCUT2D eigenvalue weighted by Gasteiger charge is 2.20. The lowest BCUT2D eigenvalue weighted by Gasteiger charge is -2.21. The predicted octanol–water partition coefficient (Wildman–Crippen LogP) is 3.27. The van der Waals surface area contributed by atoms with E-state index < -0.39 is 23.7 Å². The second kappa shape index (κ2) is 8.50. The molecular formula is C19H23N3O5. The minimum atomic E-state index is -1.18. The minimum absolute atomic E-state index is 0.0841. The van der Waals surface area contributed by atoms with Crippen molar-refractivity contribution in [1.82, 2.24) is 4.98 Å². The average Bonchev–Trinajstić information content (AvgIpc) is 2.58. The first-order chi connectivity index (χ1) is 12.7. The number of aromatic nitrogens is 1.